The highest BCUT2D eigenvalue weighted by Gasteiger charge is 2.20. The van der Waals surface area contributed by atoms with E-state index in [0.29, 0.717) is 0 Å². The quantitative estimate of drug-likeness (QED) is 0.547. The average molecular weight is 187 g/mol. The first-order valence-electron chi connectivity index (χ1n) is 5.21. The van der Waals surface area contributed by atoms with Crippen molar-refractivity contribution in [3.63, 3.8) is 0 Å². The predicted octanol–water partition coefficient (Wildman–Crippen LogP) is 1.04. The summed E-state index contributed by atoms with van der Waals surface area (Å²) >= 11 is 0. The molecular weight excluding hydrogens is 166 g/mol. The molecule has 0 aliphatic heterocycles. The van der Waals surface area contributed by atoms with Crippen LogP contribution in [0, 0.1) is 5.92 Å². The third-order valence-electron chi connectivity index (χ3n) is 2.18. The van der Waals surface area contributed by atoms with Gasteiger partial charge >= 0.3 is 0 Å². The van der Waals surface area contributed by atoms with Crippen LogP contribution < -0.4 is 5.32 Å². The second kappa shape index (κ2) is 7.30. The van der Waals surface area contributed by atoms with E-state index in [9.17, 15) is 0 Å². The van der Waals surface area contributed by atoms with Gasteiger partial charge in [0.15, 0.2) is 0 Å². The lowest BCUT2D eigenvalue weighted by Gasteiger charge is -2.04. The van der Waals surface area contributed by atoms with Crippen molar-refractivity contribution < 1.29 is 9.47 Å². The molecule has 0 heterocycles. The van der Waals surface area contributed by atoms with Crippen LogP contribution in [0.15, 0.2) is 0 Å². The zero-order valence-corrected chi connectivity index (χ0v) is 8.55. The highest BCUT2D eigenvalue weighted by atomic mass is 16.5. The van der Waals surface area contributed by atoms with Gasteiger partial charge in [0, 0.05) is 26.9 Å². The Bertz CT molecular complexity index is 115. The molecule has 0 bridgehead atoms. The first-order chi connectivity index (χ1) is 6.43. The molecule has 1 fully saturated rings. The minimum absolute atomic E-state index is 0.795. The number of methoxy groups -OCH3 is 1. The van der Waals surface area contributed by atoms with Gasteiger partial charge in [-0.25, -0.2) is 0 Å². The Balaban J connectivity index is 1.63. The summed E-state index contributed by atoms with van der Waals surface area (Å²) in [5.41, 5.74) is 0. The summed E-state index contributed by atoms with van der Waals surface area (Å²) < 4.78 is 10.4. The molecule has 78 valence electrons. The Morgan fingerprint density at radius 1 is 1.23 bits per heavy atom. The number of rotatable bonds is 9. The molecule has 0 unspecified atom stereocenters. The summed E-state index contributed by atoms with van der Waals surface area (Å²) in [5, 5.41) is 3.29. The van der Waals surface area contributed by atoms with E-state index < -0.39 is 0 Å². The van der Waals surface area contributed by atoms with Gasteiger partial charge in [0.05, 0.1) is 6.61 Å². The molecule has 1 aliphatic carbocycles. The molecular formula is C10H21NO2. The number of hydrogen-bond acceptors (Lipinski definition) is 3. The van der Waals surface area contributed by atoms with Crippen molar-refractivity contribution >= 4 is 0 Å². The Morgan fingerprint density at radius 2 is 2.08 bits per heavy atom. The van der Waals surface area contributed by atoms with Crippen LogP contribution in [-0.2, 0) is 9.47 Å². The van der Waals surface area contributed by atoms with E-state index in [1.165, 1.54) is 12.8 Å². The predicted molar refractivity (Wildman–Crippen MR) is 52.9 cm³/mol. The van der Waals surface area contributed by atoms with Crippen LogP contribution in [0.25, 0.3) is 0 Å². The van der Waals surface area contributed by atoms with Gasteiger partial charge < -0.3 is 14.8 Å². The topological polar surface area (TPSA) is 30.5 Å². The van der Waals surface area contributed by atoms with E-state index in [1.54, 1.807) is 7.11 Å². The lowest BCUT2D eigenvalue weighted by molar-refractivity contribution is 0.121. The fraction of sp³-hybridized carbons (Fsp3) is 1.00. The molecule has 0 spiro atoms. The van der Waals surface area contributed by atoms with E-state index in [4.69, 9.17) is 9.47 Å². The highest BCUT2D eigenvalue weighted by Crippen LogP contribution is 2.28. The maximum Gasteiger partial charge on any atom is 0.0587 e. The van der Waals surface area contributed by atoms with Crippen LogP contribution in [0.2, 0.25) is 0 Å². The lowest BCUT2D eigenvalue weighted by atomic mass is 10.4. The van der Waals surface area contributed by atoms with Crippen molar-refractivity contribution in [2.75, 3.05) is 40.0 Å². The van der Waals surface area contributed by atoms with E-state index in [1.807, 2.05) is 0 Å². The molecule has 0 aromatic carbocycles. The molecule has 1 N–H and O–H groups in total. The van der Waals surface area contributed by atoms with E-state index in [2.05, 4.69) is 5.32 Å². The maximum absolute atomic E-state index is 5.49. The summed E-state index contributed by atoms with van der Waals surface area (Å²) in [7, 11) is 1.72. The minimum atomic E-state index is 0.795. The van der Waals surface area contributed by atoms with Gasteiger partial charge in [0.2, 0.25) is 0 Å². The second-order valence-corrected chi connectivity index (χ2v) is 3.61. The molecule has 3 heteroatoms. The summed E-state index contributed by atoms with van der Waals surface area (Å²) in [6, 6.07) is 0. The zero-order chi connectivity index (χ0) is 9.36. The lowest BCUT2D eigenvalue weighted by Crippen LogP contribution is -2.21. The molecule has 0 atom stereocenters. The van der Waals surface area contributed by atoms with Gasteiger partial charge in [-0.2, -0.15) is 0 Å². The summed E-state index contributed by atoms with van der Waals surface area (Å²) in [4.78, 5) is 0. The molecule has 1 saturated carbocycles. The van der Waals surface area contributed by atoms with Crippen LogP contribution in [0.4, 0.5) is 0 Å². The molecule has 3 nitrogen and oxygen atoms in total. The average Bonchev–Trinajstić information content (AvgIpc) is 2.93. The Labute approximate surface area is 80.8 Å². The van der Waals surface area contributed by atoms with Gasteiger partial charge in [0.1, 0.15) is 0 Å². The molecule has 0 aromatic heterocycles. The standard InChI is InChI=1S/C10H21NO2/c1-12-8-6-11-5-2-7-13-9-10-3-4-10/h10-11H,2-9H2,1H3. The molecule has 0 radical (unpaired) electrons. The minimum Gasteiger partial charge on any atom is -0.383 e. The SMILES string of the molecule is COCCNCCCOCC1CC1. The van der Waals surface area contributed by atoms with Gasteiger partial charge in [-0.05, 0) is 31.7 Å². The largest absolute Gasteiger partial charge is 0.383 e. The van der Waals surface area contributed by atoms with Crippen LogP contribution in [-0.4, -0.2) is 40.0 Å². The molecule has 13 heavy (non-hydrogen) atoms. The van der Waals surface area contributed by atoms with Crippen LogP contribution >= 0.6 is 0 Å². The van der Waals surface area contributed by atoms with Crippen molar-refractivity contribution in [1.82, 2.24) is 5.32 Å². The van der Waals surface area contributed by atoms with Gasteiger partial charge in [-0.15, -0.1) is 0 Å². The molecule has 0 amide bonds. The van der Waals surface area contributed by atoms with Crippen LogP contribution in [0.5, 0.6) is 0 Å². The van der Waals surface area contributed by atoms with Crippen molar-refractivity contribution in [2.45, 2.75) is 19.3 Å². The van der Waals surface area contributed by atoms with Crippen LogP contribution in [0.3, 0.4) is 0 Å². The summed E-state index contributed by atoms with van der Waals surface area (Å²) in [5.74, 6) is 0.890. The number of nitrogens with one attached hydrogen (secondary N) is 1. The third-order valence-corrected chi connectivity index (χ3v) is 2.18. The second-order valence-electron chi connectivity index (χ2n) is 3.61. The molecule has 0 aromatic rings. The number of ether oxygens (including phenoxy) is 2. The van der Waals surface area contributed by atoms with E-state index in [-0.39, 0.29) is 0 Å². The molecule has 0 saturated heterocycles. The Kier molecular flexibility index (Phi) is 6.15. The number of hydrogen-bond donors (Lipinski definition) is 1. The van der Waals surface area contributed by atoms with Crippen molar-refractivity contribution in [3.05, 3.63) is 0 Å². The normalized spacial score (nSPS) is 16.4. The monoisotopic (exact) mass is 187 g/mol. The Morgan fingerprint density at radius 3 is 2.77 bits per heavy atom. The van der Waals surface area contributed by atoms with Gasteiger partial charge in [-0.1, -0.05) is 0 Å². The van der Waals surface area contributed by atoms with Crippen molar-refractivity contribution in [2.24, 2.45) is 5.92 Å². The summed E-state index contributed by atoms with van der Waals surface area (Å²) in [6.07, 6.45) is 3.87. The van der Waals surface area contributed by atoms with Gasteiger partial charge in [0.25, 0.3) is 0 Å². The van der Waals surface area contributed by atoms with E-state index >= 15 is 0 Å². The summed E-state index contributed by atoms with van der Waals surface area (Å²) in [6.45, 7) is 4.66. The zero-order valence-electron chi connectivity index (χ0n) is 8.55. The maximum atomic E-state index is 5.49. The van der Waals surface area contributed by atoms with Crippen molar-refractivity contribution in [1.29, 1.82) is 0 Å². The Hall–Kier alpha value is -0.120. The smallest absolute Gasteiger partial charge is 0.0587 e. The van der Waals surface area contributed by atoms with Crippen molar-refractivity contribution in [3.8, 4) is 0 Å². The van der Waals surface area contributed by atoms with Crippen LogP contribution in [0.1, 0.15) is 19.3 Å². The highest BCUT2D eigenvalue weighted by molar-refractivity contribution is 4.71. The molecule has 1 rings (SSSR count). The fourth-order valence-corrected chi connectivity index (χ4v) is 1.13. The first kappa shape index (κ1) is 11.0. The third kappa shape index (κ3) is 6.99. The van der Waals surface area contributed by atoms with E-state index in [0.717, 1.165) is 45.2 Å². The molecule has 1 aliphatic rings. The first-order valence-corrected chi connectivity index (χ1v) is 5.21. The fourth-order valence-electron chi connectivity index (χ4n) is 1.13. The van der Waals surface area contributed by atoms with Gasteiger partial charge in [-0.3, -0.25) is 0 Å².